The first kappa shape index (κ1) is 10.9. The number of carbonyl (C=O) groups is 1. The number of fused-ring (bicyclic) bond motifs is 1. The topological polar surface area (TPSA) is 29.5 Å². The summed E-state index contributed by atoms with van der Waals surface area (Å²) in [5.41, 5.74) is 0. The number of ether oxygens (including phenoxy) is 1. The van der Waals surface area contributed by atoms with Crippen molar-refractivity contribution in [2.45, 2.75) is 45.3 Å². The van der Waals surface area contributed by atoms with Gasteiger partial charge in [-0.3, -0.25) is 4.79 Å². The fourth-order valence-electron chi connectivity index (χ4n) is 3.07. The first-order valence-electron chi connectivity index (χ1n) is 6.02. The summed E-state index contributed by atoms with van der Waals surface area (Å²) in [6.07, 6.45) is 3.21. The van der Waals surface area contributed by atoms with Crippen LogP contribution in [-0.2, 0) is 9.53 Å². The Morgan fingerprint density at radius 3 is 2.87 bits per heavy atom. The molecule has 0 radical (unpaired) electrons. The number of hydrogen-bond donors (Lipinski definition) is 0. The monoisotopic (exact) mass is 211 g/mol. The van der Waals surface area contributed by atoms with E-state index in [0.29, 0.717) is 24.3 Å². The molecule has 15 heavy (non-hydrogen) atoms. The Morgan fingerprint density at radius 2 is 2.33 bits per heavy atom. The molecule has 1 amide bonds. The molecule has 0 spiro atoms. The lowest BCUT2D eigenvalue weighted by Crippen LogP contribution is -2.62. The van der Waals surface area contributed by atoms with Gasteiger partial charge in [0, 0.05) is 19.0 Å². The zero-order valence-electron chi connectivity index (χ0n) is 9.90. The van der Waals surface area contributed by atoms with Crippen molar-refractivity contribution in [3.8, 4) is 0 Å². The van der Waals surface area contributed by atoms with Crippen LogP contribution in [0.2, 0.25) is 0 Å². The number of rotatable bonds is 3. The Balaban J connectivity index is 2.08. The zero-order chi connectivity index (χ0) is 11.0. The van der Waals surface area contributed by atoms with Crippen molar-refractivity contribution in [3.05, 3.63) is 0 Å². The minimum Gasteiger partial charge on any atom is -0.377 e. The van der Waals surface area contributed by atoms with E-state index in [-0.39, 0.29) is 12.0 Å². The SMILES string of the molecule is CCCC(C)C1C2COC2CC(=O)N1C. The molecule has 3 heteroatoms. The maximum atomic E-state index is 11.7. The molecule has 0 saturated carbocycles. The van der Waals surface area contributed by atoms with Gasteiger partial charge in [0.05, 0.1) is 19.1 Å². The molecule has 2 heterocycles. The standard InChI is InChI=1S/C12H21NO2/c1-4-5-8(2)12-9-7-15-10(9)6-11(14)13(12)3/h8-10,12H,4-7H2,1-3H3. The average molecular weight is 211 g/mol. The van der Waals surface area contributed by atoms with Gasteiger partial charge in [-0.25, -0.2) is 0 Å². The molecule has 2 fully saturated rings. The van der Waals surface area contributed by atoms with Gasteiger partial charge in [-0.15, -0.1) is 0 Å². The van der Waals surface area contributed by atoms with Crippen LogP contribution in [-0.4, -0.2) is 36.6 Å². The van der Waals surface area contributed by atoms with Crippen LogP contribution in [0.25, 0.3) is 0 Å². The van der Waals surface area contributed by atoms with Crippen molar-refractivity contribution in [3.63, 3.8) is 0 Å². The zero-order valence-corrected chi connectivity index (χ0v) is 9.90. The van der Waals surface area contributed by atoms with E-state index in [2.05, 4.69) is 13.8 Å². The highest BCUT2D eigenvalue weighted by Crippen LogP contribution is 2.38. The second-order valence-electron chi connectivity index (χ2n) is 5.00. The van der Waals surface area contributed by atoms with Crippen LogP contribution in [0.4, 0.5) is 0 Å². The molecule has 4 atom stereocenters. The van der Waals surface area contributed by atoms with Crippen LogP contribution in [0.15, 0.2) is 0 Å². The maximum absolute atomic E-state index is 11.7. The van der Waals surface area contributed by atoms with E-state index in [4.69, 9.17) is 4.74 Å². The lowest BCUT2D eigenvalue weighted by atomic mass is 9.76. The summed E-state index contributed by atoms with van der Waals surface area (Å²) in [5, 5.41) is 0. The highest BCUT2D eigenvalue weighted by molar-refractivity contribution is 5.78. The van der Waals surface area contributed by atoms with Crippen molar-refractivity contribution in [2.75, 3.05) is 13.7 Å². The highest BCUT2D eigenvalue weighted by atomic mass is 16.5. The summed E-state index contributed by atoms with van der Waals surface area (Å²) in [6.45, 7) is 5.32. The van der Waals surface area contributed by atoms with Crippen molar-refractivity contribution < 1.29 is 9.53 Å². The molecule has 3 nitrogen and oxygen atoms in total. The lowest BCUT2D eigenvalue weighted by molar-refractivity contribution is -0.189. The molecule has 0 aromatic heterocycles. The molecule has 4 unspecified atom stereocenters. The Hall–Kier alpha value is -0.570. The third-order valence-electron chi connectivity index (χ3n) is 3.96. The van der Waals surface area contributed by atoms with Gasteiger partial charge in [0.1, 0.15) is 0 Å². The van der Waals surface area contributed by atoms with Gasteiger partial charge in [0.2, 0.25) is 5.91 Å². The summed E-state index contributed by atoms with van der Waals surface area (Å²) in [7, 11) is 1.95. The Labute approximate surface area is 91.8 Å². The van der Waals surface area contributed by atoms with Gasteiger partial charge in [0.15, 0.2) is 0 Å². The van der Waals surface area contributed by atoms with Gasteiger partial charge in [-0.2, -0.15) is 0 Å². The van der Waals surface area contributed by atoms with Crippen molar-refractivity contribution in [1.29, 1.82) is 0 Å². The molecule has 0 N–H and O–H groups in total. The predicted octanol–water partition coefficient (Wildman–Crippen LogP) is 1.67. The fourth-order valence-corrected chi connectivity index (χ4v) is 3.07. The van der Waals surface area contributed by atoms with E-state index in [1.165, 1.54) is 12.8 Å². The lowest BCUT2D eigenvalue weighted by Gasteiger charge is -2.51. The van der Waals surface area contributed by atoms with Crippen molar-refractivity contribution in [1.82, 2.24) is 4.90 Å². The summed E-state index contributed by atoms with van der Waals surface area (Å²) in [6, 6.07) is 0.407. The number of hydrogen-bond acceptors (Lipinski definition) is 2. The smallest absolute Gasteiger partial charge is 0.225 e. The van der Waals surface area contributed by atoms with Gasteiger partial charge < -0.3 is 9.64 Å². The van der Waals surface area contributed by atoms with Gasteiger partial charge in [-0.1, -0.05) is 20.3 Å². The van der Waals surface area contributed by atoms with Crippen LogP contribution in [0, 0.1) is 11.8 Å². The molecular weight excluding hydrogens is 190 g/mol. The first-order valence-corrected chi connectivity index (χ1v) is 6.02. The van der Waals surface area contributed by atoms with E-state index < -0.39 is 0 Å². The summed E-state index contributed by atoms with van der Waals surface area (Å²) in [5.74, 6) is 1.44. The van der Waals surface area contributed by atoms with E-state index in [0.717, 1.165) is 6.61 Å². The normalized spacial score (nSPS) is 37.1. The highest BCUT2D eigenvalue weighted by Gasteiger charge is 2.48. The fraction of sp³-hybridized carbons (Fsp3) is 0.917. The second-order valence-corrected chi connectivity index (χ2v) is 5.00. The quantitative estimate of drug-likeness (QED) is 0.710. The molecule has 2 rings (SSSR count). The number of carbonyl (C=O) groups excluding carboxylic acids is 1. The Bertz CT molecular complexity index is 254. The van der Waals surface area contributed by atoms with Crippen LogP contribution < -0.4 is 0 Å². The molecule has 2 aliphatic heterocycles. The van der Waals surface area contributed by atoms with E-state index in [9.17, 15) is 4.79 Å². The average Bonchev–Trinajstić information content (AvgIpc) is 2.17. The Kier molecular flexibility index (Phi) is 3.01. The summed E-state index contributed by atoms with van der Waals surface area (Å²) in [4.78, 5) is 13.7. The molecule has 0 aromatic rings. The summed E-state index contributed by atoms with van der Waals surface area (Å²) >= 11 is 0. The number of piperidine rings is 1. The van der Waals surface area contributed by atoms with Crippen LogP contribution in [0.1, 0.15) is 33.1 Å². The molecule has 2 saturated heterocycles. The van der Waals surface area contributed by atoms with Crippen LogP contribution in [0.5, 0.6) is 0 Å². The largest absolute Gasteiger partial charge is 0.377 e. The molecule has 0 aromatic carbocycles. The van der Waals surface area contributed by atoms with E-state index in [1.54, 1.807) is 0 Å². The third-order valence-corrected chi connectivity index (χ3v) is 3.96. The number of nitrogens with zero attached hydrogens (tertiary/aromatic N) is 1. The third kappa shape index (κ3) is 1.78. The number of likely N-dealkylation sites (tertiary alicyclic amines) is 1. The van der Waals surface area contributed by atoms with Gasteiger partial charge in [-0.05, 0) is 12.3 Å². The van der Waals surface area contributed by atoms with Crippen LogP contribution >= 0.6 is 0 Å². The minimum absolute atomic E-state index is 0.220. The molecule has 0 aliphatic carbocycles. The van der Waals surface area contributed by atoms with E-state index in [1.807, 2.05) is 11.9 Å². The maximum Gasteiger partial charge on any atom is 0.225 e. The first-order chi connectivity index (χ1) is 7.15. The summed E-state index contributed by atoms with van der Waals surface area (Å²) < 4.78 is 5.46. The molecule has 0 bridgehead atoms. The van der Waals surface area contributed by atoms with E-state index >= 15 is 0 Å². The molecule has 86 valence electrons. The predicted molar refractivity (Wildman–Crippen MR) is 58.5 cm³/mol. The van der Waals surface area contributed by atoms with Gasteiger partial charge >= 0.3 is 0 Å². The van der Waals surface area contributed by atoms with Crippen molar-refractivity contribution in [2.24, 2.45) is 11.8 Å². The van der Waals surface area contributed by atoms with Crippen LogP contribution in [0.3, 0.4) is 0 Å². The Morgan fingerprint density at radius 1 is 1.60 bits per heavy atom. The molecule has 2 aliphatic rings. The van der Waals surface area contributed by atoms with Crippen molar-refractivity contribution >= 4 is 5.91 Å². The second kappa shape index (κ2) is 4.12. The number of amides is 1. The van der Waals surface area contributed by atoms with Gasteiger partial charge in [0.25, 0.3) is 0 Å². The molecular formula is C12H21NO2. The minimum atomic E-state index is 0.220.